The predicted molar refractivity (Wildman–Crippen MR) is 137 cm³/mol. The van der Waals surface area contributed by atoms with Crippen LogP contribution < -0.4 is 14.8 Å². The molecule has 0 saturated carbocycles. The van der Waals surface area contributed by atoms with Crippen LogP contribution in [0.25, 0.3) is 11.1 Å². The van der Waals surface area contributed by atoms with Crippen molar-refractivity contribution < 1.29 is 19.4 Å². The van der Waals surface area contributed by atoms with Crippen molar-refractivity contribution in [1.29, 1.82) is 0 Å². The molecule has 0 unspecified atom stereocenters. The summed E-state index contributed by atoms with van der Waals surface area (Å²) in [5.41, 5.74) is 5.30. The highest BCUT2D eigenvalue weighted by atomic mass is 79.9. The topological polar surface area (TPSA) is 67.8 Å². The zero-order valence-electron chi connectivity index (χ0n) is 18.7. The van der Waals surface area contributed by atoms with Crippen molar-refractivity contribution in [2.75, 3.05) is 6.79 Å². The summed E-state index contributed by atoms with van der Waals surface area (Å²) < 4.78 is 11.8. The molecule has 6 heteroatoms. The highest BCUT2D eigenvalue weighted by Crippen LogP contribution is 2.51. The zero-order chi connectivity index (χ0) is 24.0. The fraction of sp³-hybridized carbons (Fsp3) is 0.138. The van der Waals surface area contributed by atoms with Crippen LogP contribution in [0.2, 0.25) is 0 Å². The first-order valence-corrected chi connectivity index (χ1v) is 12.2. The molecule has 5 nitrogen and oxygen atoms in total. The average molecular weight is 528 g/mol. The van der Waals surface area contributed by atoms with Gasteiger partial charge in [-0.1, -0.05) is 94.8 Å². The second kappa shape index (κ2) is 8.56. The standard InChI is InChI=1S/C29H22BrNO4/c30-24-16-27-26(34-17-35-27)15-18(24)14-25(28(32)33)31-29(19-8-2-1-3-9-19)22-12-6-4-10-20(22)21-11-5-7-13-23(21)29/h1-13,15-16,25,31H,14,17H2,(H,32,33)/t25-/m1/s1. The fourth-order valence-corrected chi connectivity index (χ4v) is 5.75. The molecule has 1 atom stereocenters. The molecule has 174 valence electrons. The summed E-state index contributed by atoms with van der Waals surface area (Å²) in [5, 5.41) is 14.0. The number of carboxylic acids is 1. The summed E-state index contributed by atoms with van der Waals surface area (Å²) in [5.74, 6) is 0.355. The van der Waals surface area contributed by atoms with E-state index >= 15 is 0 Å². The van der Waals surface area contributed by atoms with Gasteiger partial charge >= 0.3 is 5.97 Å². The molecular formula is C29H22BrNO4. The van der Waals surface area contributed by atoms with E-state index in [0.717, 1.165) is 37.9 Å². The molecule has 1 aliphatic carbocycles. The molecule has 0 fully saturated rings. The first-order chi connectivity index (χ1) is 17.1. The van der Waals surface area contributed by atoms with Gasteiger partial charge < -0.3 is 14.6 Å². The van der Waals surface area contributed by atoms with E-state index in [1.807, 2.05) is 54.6 Å². The van der Waals surface area contributed by atoms with Crippen LogP contribution in [0.15, 0.2) is 95.5 Å². The second-order valence-corrected chi connectivity index (χ2v) is 9.60. The smallest absolute Gasteiger partial charge is 0.321 e. The molecule has 0 amide bonds. The Morgan fingerprint density at radius 3 is 2.09 bits per heavy atom. The van der Waals surface area contributed by atoms with E-state index in [2.05, 4.69) is 57.6 Å². The van der Waals surface area contributed by atoms with Crippen molar-refractivity contribution >= 4 is 21.9 Å². The van der Waals surface area contributed by atoms with Gasteiger partial charge in [-0.25, -0.2) is 0 Å². The largest absolute Gasteiger partial charge is 0.480 e. The Kier molecular flexibility index (Phi) is 5.35. The Bertz CT molecular complexity index is 1390. The molecule has 6 rings (SSSR count). The van der Waals surface area contributed by atoms with E-state index in [1.54, 1.807) is 0 Å². The van der Waals surface area contributed by atoms with E-state index in [4.69, 9.17) is 9.47 Å². The molecule has 2 aliphatic rings. The van der Waals surface area contributed by atoms with Crippen LogP contribution in [0.1, 0.15) is 22.3 Å². The number of nitrogens with one attached hydrogen (secondary N) is 1. The minimum absolute atomic E-state index is 0.163. The number of fused-ring (bicyclic) bond motifs is 4. The van der Waals surface area contributed by atoms with Crippen molar-refractivity contribution in [3.63, 3.8) is 0 Å². The first kappa shape index (κ1) is 21.9. The molecule has 0 spiro atoms. The first-order valence-electron chi connectivity index (χ1n) is 11.4. The molecule has 1 aliphatic heterocycles. The van der Waals surface area contributed by atoms with E-state index in [1.165, 1.54) is 0 Å². The van der Waals surface area contributed by atoms with Crippen molar-refractivity contribution in [3.8, 4) is 22.6 Å². The van der Waals surface area contributed by atoms with Gasteiger partial charge in [-0.3, -0.25) is 10.1 Å². The van der Waals surface area contributed by atoms with Crippen LogP contribution in [-0.2, 0) is 16.8 Å². The molecule has 0 aromatic heterocycles. The summed E-state index contributed by atoms with van der Waals surface area (Å²) in [6.45, 7) is 0.163. The van der Waals surface area contributed by atoms with Gasteiger partial charge in [0, 0.05) is 4.47 Å². The molecule has 2 N–H and O–H groups in total. The maximum absolute atomic E-state index is 12.7. The van der Waals surface area contributed by atoms with Crippen LogP contribution in [-0.4, -0.2) is 23.9 Å². The number of hydrogen-bond acceptors (Lipinski definition) is 4. The van der Waals surface area contributed by atoms with Gasteiger partial charge in [-0.2, -0.15) is 0 Å². The lowest BCUT2D eigenvalue weighted by atomic mass is 9.79. The number of benzene rings is 4. The van der Waals surface area contributed by atoms with Crippen molar-refractivity contribution in [3.05, 3.63) is 118 Å². The second-order valence-electron chi connectivity index (χ2n) is 8.74. The number of rotatable bonds is 6. The van der Waals surface area contributed by atoms with E-state index in [-0.39, 0.29) is 13.2 Å². The summed E-state index contributed by atoms with van der Waals surface area (Å²) in [6.07, 6.45) is 0.255. The molecule has 4 aromatic carbocycles. The number of hydrogen-bond donors (Lipinski definition) is 2. The molecule has 4 aromatic rings. The molecule has 0 radical (unpaired) electrons. The number of carbonyl (C=O) groups is 1. The Hall–Kier alpha value is -3.61. The summed E-state index contributed by atoms with van der Waals surface area (Å²) in [6, 6.07) is 29.3. The van der Waals surface area contributed by atoms with Gasteiger partial charge in [0.1, 0.15) is 6.04 Å². The predicted octanol–water partition coefficient (Wildman–Crippen LogP) is 5.74. The van der Waals surface area contributed by atoms with Gasteiger partial charge in [0.15, 0.2) is 11.5 Å². The number of ether oxygens (including phenoxy) is 2. The van der Waals surface area contributed by atoms with Gasteiger partial charge in [0.2, 0.25) is 6.79 Å². The SMILES string of the molecule is O=C(O)[C@@H](Cc1cc2c(cc1Br)OCO2)NC1(c2ccccc2)c2ccccc2-c2ccccc21. The lowest BCUT2D eigenvalue weighted by molar-refractivity contribution is -0.139. The maximum Gasteiger partial charge on any atom is 0.321 e. The van der Waals surface area contributed by atoms with Crippen LogP contribution in [0, 0.1) is 0 Å². The number of halogens is 1. The summed E-state index contributed by atoms with van der Waals surface area (Å²) in [4.78, 5) is 12.7. The van der Waals surface area contributed by atoms with Crippen molar-refractivity contribution in [2.24, 2.45) is 0 Å². The van der Waals surface area contributed by atoms with Crippen LogP contribution in [0.4, 0.5) is 0 Å². The number of aliphatic carboxylic acids is 1. The fourth-order valence-electron chi connectivity index (χ4n) is 5.27. The number of carboxylic acid groups (broad SMARTS) is 1. The van der Waals surface area contributed by atoms with Gasteiger partial charge in [0.25, 0.3) is 0 Å². The third kappa shape index (κ3) is 3.52. The molecular weight excluding hydrogens is 506 g/mol. The van der Waals surface area contributed by atoms with Crippen molar-refractivity contribution in [1.82, 2.24) is 5.32 Å². The molecule has 0 saturated heterocycles. The third-order valence-electron chi connectivity index (χ3n) is 6.81. The molecule has 35 heavy (non-hydrogen) atoms. The van der Waals surface area contributed by atoms with Gasteiger partial charge in [-0.05, 0) is 51.9 Å². The van der Waals surface area contributed by atoms with Crippen LogP contribution >= 0.6 is 15.9 Å². The Balaban J connectivity index is 1.50. The quantitative estimate of drug-likeness (QED) is 0.335. The Labute approximate surface area is 211 Å². The minimum atomic E-state index is -0.924. The highest BCUT2D eigenvalue weighted by molar-refractivity contribution is 9.10. The summed E-state index contributed by atoms with van der Waals surface area (Å²) >= 11 is 3.59. The van der Waals surface area contributed by atoms with E-state index in [9.17, 15) is 9.90 Å². The Morgan fingerprint density at radius 2 is 1.46 bits per heavy atom. The summed E-state index contributed by atoms with van der Waals surface area (Å²) in [7, 11) is 0. The van der Waals surface area contributed by atoms with E-state index in [0.29, 0.717) is 11.5 Å². The maximum atomic E-state index is 12.7. The van der Waals surface area contributed by atoms with Crippen LogP contribution in [0.5, 0.6) is 11.5 Å². The normalized spacial score (nSPS) is 15.3. The van der Waals surface area contributed by atoms with E-state index < -0.39 is 17.6 Å². The van der Waals surface area contributed by atoms with Gasteiger partial charge in [-0.15, -0.1) is 0 Å². The lowest BCUT2D eigenvalue weighted by Crippen LogP contribution is -2.52. The van der Waals surface area contributed by atoms with Crippen LogP contribution in [0.3, 0.4) is 0 Å². The molecule has 0 bridgehead atoms. The monoisotopic (exact) mass is 527 g/mol. The lowest BCUT2D eigenvalue weighted by Gasteiger charge is -2.37. The average Bonchev–Trinajstić information content (AvgIpc) is 3.45. The zero-order valence-corrected chi connectivity index (χ0v) is 20.3. The molecule has 1 heterocycles. The van der Waals surface area contributed by atoms with Crippen molar-refractivity contribution in [2.45, 2.75) is 18.0 Å². The highest BCUT2D eigenvalue weighted by Gasteiger charge is 2.46. The minimum Gasteiger partial charge on any atom is -0.480 e. The Morgan fingerprint density at radius 1 is 0.886 bits per heavy atom. The third-order valence-corrected chi connectivity index (χ3v) is 7.55. The van der Waals surface area contributed by atoms with Gasteiger partial charge in [0.05, 0.1) is 5.54 Å².